The molecule has 154 valence electrons. The molecule has 4 rings (SSSR count). The number of nitrogens with one attached hydrogen (secondary N) is 1. The Morgan fingerprint density at radius 1 is 1.07 bits per heavy atom. The molecule has 2 heterocycles. The molecule has 0 aliphatic carbocycles. The van der Waals surface area contributed by atoms with Gasteiger partial charge in [-0.15, -0.1) is 0 Å². The van der Waals surface area contributed by atoms with Crippen molar-refractivity contribution in [3.05, 3.63) is 59.4 Å². The fraction of sp³-hybridized carbons (Fsp3) is 0.409. The highest BCUT2D eigenvalue weighted by atomic mass is 19.1. The van der Waals surface area contributed by atoms with Crippen LogP contribution in [-0.4, -0.2) is 55.2 Å². The summed E-state index contributed by atoms with van der Waals surface area (Å²) in [4.78, 5) is 16.8. The normalized spacial score (nSPS) is 17.9. The maximum atomic E-state index is 13.8. The number of amides is 1. The van der Waals surface area contributed by atoms with Gasteiger partial charge in [-0.05, 0) is 30.7 Å². The summed E-state index contributed by atoms with van der Waals surface area (Å²) < 4.78 is 24.6. The van der Waals surface area contributed by atoms with E-state index < -0.39 is 0 Å². The SMILES string of the molecule is CC(NC(=O)CN1CCN(Cc2ccccc2F)CC1)c1ccc2c(c1)OCO2. The van der Waals surface area contributed by atoms with E-state index in [-0.39, 0.29) is 24.6 Å². The Hall–Kier alpha value is -2.64. The summed E-state index contributed by atoms with van der Waals surface area (Å²) in [5.74, 6) is 1.29. The third-order valence-electron chi connectivity index (χ3n) is 5.46. The zero-order valence-corrected chi connectivity index (χ0v) is 16.6. The summed E-state index contributed by atoms with van der Waals surface area (Å²) in [5, 5.41) is 3.05. The number of halogens is 1. The highest BCUT2D eigenvalue weighted by molar-refractivity contribution is 5.78. The summed E-state index contributed by atoms with van der Waals surface area (Å²) >= 11 is 0. The molecule has 1 amide bonds. The van der Waals surface area contributed by atoms with E-state index in [1.54, 1.807) is 6.07 Å². The predicted molar refractivity (Wildman–Crippen MR) is 107 cm³/mol. The highest BCUT2D eigenvalue weighted by Gasteiger charge is 2.21. The first kappa shape index (κ1) is 19.7. The summed E-state index contributed by atoms with van der Waals surface area (Å²) in [6.07, 6.45) is 0. The van der Waals surface area contributed by atoms with Gasteiger partial charge in [0.05, 0.1) is 12.6 Å². The number of piperazine rings is 1. The number of rotatable bonds is 6. The Labute approximate surface area is 170 Å². The second kappa shape index (κ2) is 8.80. The van der Waals surface area contributed by atoms with Gasteiger partial charge in [-0.25, -0.2) is 4.39 Å². The Balaban J connectivity index is 1.23. The van der Waals surface area contributed by atoms with Crippen molar-refractivity contribution in [1.82, 2.24) is 15.1 Å². The Kier molecular flexibility index (Phi) is 5.97. The molecule has 0 aromatic heterocycles. The van der Waals surface area contributed by atoms with Gasteiger partial charge in [-0.1, -0.05) is 24.3 Å². The van der Waals surface area contributed by atoms with Crippen LogP contribution in [0, 0.1) is 5.82 Å². The number of hydrogen-bond acceptors (Lipinski definition) is 5. The summed E-state index contributed by atoms with van der Waals surface area (Å²) in [6.45, 7) is 6.39. The minimum Gasteiger partial charge on any atom is -0.454 e. The van der Waals surface area contributed by atoms with Crippen molar-refractivity contribution in [1.29, 1.82) is 0 Å². The van der Waals surface area contributed by atoms with E-state index in [9.17, 15) is 9.18 Å². The van der Waals surface area contributed by atoms with E-state index in [0.29, 0.717) is 13.1 Å². The molecule has 1 N–H and O–H groups in total. The first-order valence-electron chi connectivity index (χ1n) is 9.95. The molecule has 1 unspecified atom stereocenters. The lowest BCUT2D eigenvalue weighted by Gasteiger charge is -2.34. The lowest BCUT2D eigenvalue weighted by atomic mass is 10.1. The zero-order valence-electron chi connectivity index (χ0n) is 16.6. The molecule has 2 aromatic rings. The average molecular weight is 399 g/mol. The first-order chi connectivity index (χ1) is 14.1. The number of ether oxygens (including phenoxy) is 2. The van der Waals surface area contributed by atoms with Crippen molar-refractivity contribution in [3.63, 3.8) is 0 Å². The summed E-state index contributed by atoms with van der Waals surface area (Å²) in [6, 6.07) is 12.5. The number of carbonyl (C=O) groups is 1. The number of fused-ring (bicyclic) bond motifs is 1. The van der Waals surface area contributed by atoms with Crippen LogP contribution in [0.2, 0.25) is 0 Å². The maximum absolute atomic E-state index is 13.8. The first-order valence-corrected chi connectivity index (χ1v) is 9.95. The predicted octanol–water partition coefficient (Wildman–Crippen LogP) is 2.55. The van der Waals surface area contributed by atoms with Crippen LogP contribution < -0.4 is 14.8 Å². The van der Waals surface area contributed by atoms with E-state index in [1.165, 1.54) is 6.07 Å². The number of carbonyl (C=O) groups excluding carboxylic acids is 1. The lowest BCUT2D eigenvalue weighted by molar-refractivity contribution is -0.123. The number of benzene rings is 2. The lowest BCUT2D eigenvalue weighted by Crippen LogP contribution is -2.49. The molecule has 1 saturated heterocycles. The van der Waals surface area contributed by atoms with Crippen molar-refractivity contribution in [2.75, 3.05) is 39.5 Å². The summed E-state index contributed by atoms with van der Waals surface area (Å²) in [7, 11) is 0. The molecule has 6 nitrogen and oxygen atoms in total. The van der Waals surface area contributed by atoms with Gasteiger partial charge >= 0.3 is 0 Å². The van der Waals surface area contributed by atoms with Crippen molar-refractivity contribution in [2.24, 2.45) is 0 Å². The molecule has 7 heteroatoms. The van der Waals surface area contributed by atoms with E-state index >= 15 is 0 Å². The third kappa shape index (κ3) is 4.86. The smallest absolute Gasteiger partial charge is 0.234 e. The molecular weight excluding hydrogens is 373 g/mol. The van der Waals surface area contributed by atoms with Gasteiger partial charge in [0.1, 0.15) is 5.82 Å². The van der Waals surface area contributed by atoms with Crippen LogP contribution >= 0.6 is 0 Å². The molecule has 0 radical (unpaired) electrons. The van der Waals surface area contributed by atoms with Crippen LogP contribution in [0.1, 0.15) is 24.1 Å². The van der Waals surface area contributed by atoms with Crippen LogP contribution in [0.3, 0.4) is 0 Å². The standard InChI is InChI=1S/C22H26FN3O3/c1-16(17-6-7-20-21(12-17)29-15-28-20)24-22(27)14-26-10-8-25(9-11-26)13-18-4-2-3-5-19(18)23/h2-7,12,16H,8-11,13-15H2,1H3,(H,24,27). The minimum atomic E-state index is -0.160. The molecule has 1 atom stereocenters. The monoisotopic (exact) mass is 399 g/mol. The van der Waals surface area contributed by atoms with Gasteiger partial charge in [0.15, 0.2) is 11.5 Å². The zero-order chi connectivity index (χ0) is 20.2. The van der Waals surface area contributed by atoms with Crippen LogP contribution in [0.15, 0.2) is 42.5 Å². The molecule has 2 aliphatic heterocycles. The number of nitrogens with zero attached hydrogens (tertiary/aromatic N) is 2. The molecule has 0 spiro atoms. The molecule has 0 bridgehead atoms. The fourth-order valence-electron chi connectivity index (χ4n) is 3.73. The van der Waals surface area contributed by atoms with Gasteiger partial charge < -0.3 is 14.8 Å². The molecule has 29 heavy (non-hydrogen) atoms. The number of hydrogen-bond donors (Lipinski definition) is 1. The van der Waals surface area contributed by atoms with Gasteiger partial charge in [-0.2, -0.15) is 0 Å². The van der Waals surface area contributed by atoms with Gasteiger partial charge in [0.25, 0.3) is 0 Å². The molecule has 0 saturated carbocycles. The second-order valence-electron chi connectivity index (χ2n) is 7.55. The van der Waals surface area contributed by atoms with E-state index in [1.807, 2.05) is 37.3 Å². The van der Waals surface area contributed by atoms with Gasteiger partial charge in [-0.3, -0.25) is 14.6 Å². The van der Waals surface area contributed by atoms with Gasteiger partial charge in [0.2, 0.25) is 12.7 Å². The van der Waals surface area contributed by atoms with Crippen molar-refractivity contribution in [3.8, 4) is 11.5 Å². The Morgan fingerprint density at radius 3 is 2.59 bits per heavy atom. The summed E-state index contributed by atoms with van der Waals surface area (Å²) in [5.41, 5.74) is 1.70. The minimum absolute atomic E-state index is 0.00211. The molecule has 2 aliphatic rings. The quantitative estimate of drug-likeness (QED) is 0.809. The van der Waals surface area contributed by atoms with Gasteiger partial charge in [0, 0.05) is 38.3 Å². The van der Waals surface area contributed by atoms with Crippen LogP contribution in [0.25, 0.3) is 0 Å². The largest absolute Gasteiger partial charge is 0.454 e. The van der Waals surface area contributed by atoms with Crippen molar-refractivity contribution in [2.45, 2.75) is 19.5 Å². The van der Waals surface area contributed by atoms with Crippen LogP contribution in [0.5, 0.6) is 11.5 Å². The third-order valence-corrected chi connectivity index (χ3v) is 5.46. The maximum Gasteiger partial charge on any atom is 0.234 e. The van der Waals surface area contributed by atoms with Crippen molar-refractivity contribution >= 4 is 5.91 Å². The van der Waals surface area contributed by atoms with Crippen LogP contribution in [-0.2, 0) is 11.3 Å². The highest BCUT2D eigenvalue weighted by Crippen LogP contribution is 2.34. The topological polar surface area (TPSA) is 54.0 Å². The Morgan fingerprint density at radius 2 is 1.79 bits per heavy atom. The molecular formula is C22H26FN3O3. The Bertz CT molecular complexity index is 868. The second-order valence-corrected chi connectivity index (χ2v) is 7.55. The van der Waals surface area contributed by atoms with E-state index in [2.05, 4.69) is 15.1 Å². The van der Waals surface area contributed by atoms with E-state index in [0.717, 1.165) is 48.8 Å². The fourth-order valence-corrected chi connectivity index (χ4v) is 3.73. The van der Waals surface area contributed by atoms with Crippen LogP contribution in [0.4, 0.5) is 4.39 Å². The molecule has 2 aromatic carbocycles. The average Bonchev–Trinajstić information content (AvgIpc) is 3.19. The molecule has 1 fully saturated rings. The van der Waals surface area contributed by atoms with Crippen molar-refractivity contribution < 1.29 is 18.7 Å². The van der Waals surface area contributed by atoms with E-state index in [4.69, 9.17) is 9.47 Å².